The number of carbonyl (C=O) groups is 3. The fourth-order valence-corrected chi connectivity index (χ4v) is 5.20. The number of benzene rings is 3. The first-order valence-electron chi connectivity index (χ1n) is 9.33. The van der Waals surface area contributed by atoms with Crippen molar-refractivity contribution in [2.24, 2.45) is 0 Å². The highest BCUT2D eigenvalue weighted by Crippen LogP contribution is 2.37. The lowest BCUT2D eigenvalue weighted by Crippen LogP contribution is -2.40. The van der Waals surface area contributed by atoms with E-state index in [-0.39, 0.29) is 16.5 Å². The minimum absolute atomic E-state index is 0.0214. The van der Waals surface area contributed by atoms with E-state index in [1.54, 1.807) is 42.5 Å². The molecule has 9 nitrogen and oxygen atoms in total. The van der Waals surface area contributed by atoms with Crippen molar-refractivity contribution in [3.8, 4) is 0 Å². The van der Waals surface area contributed by atoms with Crippen LogP contribution in [0.25, 0.3) is 10.8 Å². The van der Waals surface area contributed by atoms with Crippen LogP contribution in [0.15, 0.2) is 59.5 Å². The largest absolute Gasteiger partial charge is 0.322 e. The smallest absolute Gasteiger partial charge is 0.321 e. The van der Waals surface area contributed by atoms with Crippen LogP contribution >= 0.6 is 0 Å². The number of hydrogen-bond acceptors (Lipinski definition) is 5. The first kappa shape index (κ1) is 19.1. The molecule has 1 saturated heterocycles. The van der Waals surface area contributed by atoms with E-state index in [1.807, 2.05) is 0 Å². The number of carbonyl (C=O) groups excluding carboxylic acids is 3. The van der Waals surface area contributed by atoms with Gasteiger partial charge in [-0.2, -0.15) is 0 Å². The van der Waals surface area contributed by atoms with Crippen LogP contribution in [-0.4, -0.2) is 26.3 Å². The summed E-state index contributed by atoms with van der Waals surface area (Å²) in [5, 5.41) is 8.43. The lowest BCUT2D eigenvalue weighted by molar-refractivity contribution is -0.123. The summed E-state index contributed by atoms with van der Waals surface area (Å²) in [6.45, 7) is 1.54. The summed E-state index contributed by atoms with van der Waals surface area (Å²) in [6.07, 6.45) is 0. The molecule has 1 atom stereocenters. The second-order valence-electron chi connectivity index (χ2n) is 7.51. The average Bonchev–Trinajstić information content (AvgIpc) is 3.18. The second-order valence-corrected chi connectivity index (χ2v) is 9.16. The molecular weight excluding hydrogens is 420 g/mol. The van der Waals surface area contributed by atoms with E-state index in [1.165, 1.54) is 19.1 Å². The van der Waals surface area contributed by atoms with Crippen LogP contribution in [-0.2, 0) is 20.4 Å². The summed E-state index contributed by atoms with van der Waals surface area (Å²) in [7, 11) is -4.02. The first-order chi connectivity index (χ1) is 14.7. The highest BCUT2D eigenvalue weighted by molar-refractivity contribution is 7.93. The number of imide groups is 1. The number of anilines is 2. The SMILES string of the molecule is CC1(c2cccc(NS(=O)(=O)c3ccc4c5c(cccc35)C(=O)N4)c2)NC(=O)NC1=O. The Morgan fingerprint density at radius 1 is 0.935 bits per heavy atom. The standard InChI is InChI=1S/C21H16N4O5S/c1-21(19(27)23-20(28)24-21)11-4-2-5-12(10-11)25-31(29,30)16-9-8-15-17-13(16)6-3-7-14(17)18(26)22-15/h2-10,25H,1H3,(H,22,26)(H2,23,24,27,28). The molecule has 0 saturated carbocycles. The maximum absolute atomic E-state index is 13.2. The van der Waals surface area contributed by atoms with Gasteiger partial charge in [0.05, 0.1) is 4.90 Å². The molecule has 156 valence electrons. The molecule has 1 unspecified atom stereocenters. The third-order valence-electron chi connectivity index (χ3n) is 5.52. The molecule has 10 heteroatoms. The zero-order chi connectivity index (χ0) is 22.0. The number of nitrogens with one attached hydrogen (secondary N) is 4. The number of rotatable bonds is 4. The van der Waals surface area contributed by atoms with Gasteiger partial charge in [-0.1, -0.05) is 24.3 Å². The fraction of sp³-hybridized carbons (Fsp3) is 0.0952. The Kier molecular flexibility index (Phi) is 3.87. The van der Waals surface area contributed by atoms with Gasteiger partial charge >= 0.3 is 6.03 Å². The van der Waals surface area contributed by atoms with Gasteiger partial charge in [-0.25, -0.2) is 13.2 Å². The third-order valence-corrected chi connectivity index (χ3v) is 6.96. The van der Waals surface area contributed by atoms with Gasteiger partial charge in [-0.15, -0.1) is 0 Å². The summed E-state index contributed by atoms with van der Waals surface area (Å²) in [5.41, 5.74) is 0.318. The van der Waals surface area contributed by atoms with Gasteiger partial charge in [0, 0.05) is 27.7 Å². The molecule has 2 aliphatic rings. The molecule has 0 spiro atoms. The van der Waals surface area contributed by atoms with Crippen molar-refractivity contribution in [2.45, 2.75) is 17.4 Å². The normalized spacial score (nSPS) is 19.8. The molecule has 0 aromatic heterocycles. The summed E-state index contributed by atoms with van der Waals surface area (Å²) in [4.78, 5) is 35.9. The van der Waals surface area contributed by atoms with Gasteiger partial charge in [0.2, 0.25) is 0 Å². The van der Waals surface area contributed by atoms with Crippen LogP contribution in [0, 0.1) is 0 Å². The van der Waals surface area contributed by atoms with Gasteiger partial charge in [-0.3, -0.25) is 19.6 Å². The van der Waals surface area contributed by atoms with Crippen molar-refractivity contribution < 1.29 is 22.8 Å². The van der Waals surface area contributed by atoms with Crippen molar-refractivity contribution >= 4 is 50.0 Å². The minimum Gasteiger partial charge on any atom is -0.321 e. The van der Waals surface area contributed by atoms with Crippen molar-refractivity contribution in [1.82, 2.24) is 10.6 Å². The molecule has 31 heavy (non-hydrogen) atoms. The zero-order valence-electron chi connectivity index (χ0n) is 16.1. The van der Waals surface area contributed by atoms with Gasteiger partial charge in [0.1, 0.15) is 5.54 Å². The number of urea groups is 1. The van der Waals surface area contributed by atoms with Crippen molar-refractivity contribution in [3.63, 3.8) is 0 Å². The van der Waals surface area contributed by atoms with E-state index in [9.17, 15) is 22.8 Å². The van der Waals surface area contributed by atoms with Crippen LogP contribution < -0.4 is 20.7 Å². The summed E-state index contributed by atoms with van der Waals surface area (Å²) >= 11 is 0. The molecular formula is C21H16N4O5S. The minimum atomic E-state index is -4.02. The maximum Gasteiger partial charge on any atom is 0.322 e. The topological polar surface area (TPSA) is 133 Å². The van der Waals surface area contributed by atoms with E-state index in [0.29, 0.717) is 27.6 Å². The number of hydrogen-bond donors (Lipinski definition) is 4. The van der Waals surface area contributed by atoms with Gasteiger partial charge in [0.15, 0.2) is 0 Å². The Labute approximate surface area is 176 Å². The first-order valence-corrected chi connectivity index (χ1v) is 10.8. The molecule has 0 radical (unpaired) electrons. The molecule has 0 aliphatic carbocycles. The highest BCUT2D eigenvalue weighted by atomic mass is 32.2. The van der Waals surface area contributed by atoms with E-state index < -0.39 is 27.5 Å². The zero-order valence-corrected chi connectivity index (χ0v) is 17.0. The summed E-state index contributed by atoms with van der Waals surface area (Å²) in [5.74, 6) is -0.803. The molecule has 2 heterocycles. The maximum atomic E-state index is 13.2. The summed E-state index contributed by atoms with van der Waals surface area (Å²) in [6, 6.07) is 13.6. The lowest BCUT2D eigenvalue weighted by Gasteiger charge is -2.22. The molecule has 2 aliphatic heterocycles. The molecule has 0 bridgehead atoms. The Balaban J connectivity index is 1.55. The average molecular weight is 436 g/mol. The van der Waals surface area contributed by atoms with E-state index in [2.05, 4.69) is 20.7 Å². The van der Waals surface area contributed by atoms with Gasteiger partial charge in [-0.05, 0) is 42.8 Å². The van der Waals surface area contributed by atoms with Gasteiger partial charge in [0.25, 0.3) is 21.8 Å². The van der Waals surface area contributed by atoms with Crippen LogP contribution in [0.5, 0.6) is 0 Å². The van der Waals surface area contributed by atoms with Crippen LogP contribution in [0.4, 0.5) is 16.2 Å². The predicted molar refractivity (Wildman–Crippen MR) is 113 cm³/mol. The molecule has 5 rings (SSSR count). The van der Waals surface area contributed by atoms with E-state index in [4.69, 9.17) is 0 Å². The monoisotopic (exact) mass is 436 g/mol. The van der Waals surface area contributed by atoms with E-state index in [0.717, 1.165) is 0 Å². The van der Waals surface area contributed by atoms with Gasteiger partial charge < -0.3 is 10.6 Å². The number of sulfonamides is 1. The lowest BCUT2D eigenvalue weighted by atomic mass is 9.92. The van der Waals surface area contributed by atoms with Crippen molar-refractivity contribution in [2.75, 3.05) is 10.0 Å². The van der Waals surface area contributed by atoms with Crippen LogP contribution in [0.3, 0.4) is 0 Å². The van der Waals surface area contributed by atoms with Crippen LogP contribution in [0.2, 0.25) is 0 Å². The Morgan fingerprint density at radius 3 is 2.45 bits per heavy atom. The fourth-order valence-electron chi connectivity index (χ4n) is 3.95. The Morgan fingerprint density at radius 2 is 1.71 bits per heavy atom. The molecule has 4 N–H and O–H groups in total. The molecule has 3 aromatic rings. The Bertz CT molecular complexity index is 1430. The molecule has 3 aromatic carbocycles. The Hall–Kier alpha value is -3.92. The van der Waals surface area contributed by atoms with Crippen molar-refractivity contribution in [3.05, 3.63) is 65.7 Å². The molecule has 4 amide bonds. The highest BCUT2D eigenvalue weighted by Gasteiger charge is 2.43. The molecule has 1 fully saturated rings. The predicted octanol–water partition coefficient (Wildman–Crippen LogP) is 2.26. The van der Waals surface area contributed by atoms with Crippen molar-refractivity contribution in [1.29, 1.82) is 0 Å². The second kappa shape index (κ2) is 6.29. The third kappa shape index (κ3) is 2.83. The number of amides is 4. The van der Waals surface area contributed by atoms with Crippen LogP contribution in [0.1, 0.15) is 22.8 Å². The quantitative estimate of drug-likeness (QED) is 0.466. The van der Waals surface area contributed by atoms with E-state index >= 15 is 0 Å². The summed E-state index contributed by atoms with van der Waals surface area (Å²) < 4.78 is 28.9.